The summed E-state index contributed by atoms with van der Waals surface area (Å²) in [5.74, 6) is 0.686. The molecule has 1 saturated heterocycles. The molecular weight excluding hydrogens is 432 g/mol. The zero-order chi connectivity index (χ0) is 21.6. The molecule has 4 rings (SSSR count). The van der Waals surface area contributed by atoms with Gasteiger partial charge in [-0.1, -0.05) is 53.7 Å². The van der Waals surface area contributed by atoms with Crippen LogP contribution in [0.4, 0.5) is 11.6 Å². The Hall–Kier alpha value is -3.02. The van der Waals surface area contributed by atoms with E-state index < -0.39 is 0 Å². The third-order valence-electron chi connectivity index (χ3n) is 5.02. The van der Waals surface area contributed by atoms with Crippen LogP contribution in [0.15, 0.2) is 59.8 Å². The number of aromatic nitrogens is 3. The van der Waals surface area contributed by atoms with Gasteiger partial charge in [0.05, 0.1) is 22.5 Å². The van der Waals surface area contributed by atoms with Crippen LogP contribution < -0.4 is 9.80 Å². The summed E-state index contributed by atoms with van der Waals surface area (Å²) in [6.07, 6.45) is 2.22. The highest BCUT2D eigenvalue weighted by molar-refractivity contribution is 7.99. The van der Waals surface area contributed by atoms with Gasteiger partial charge < -0.3 is 4.90 Å². The van der Waals surface area contributed by atoms with Crippen LogP contribution in [0.25, 0.3) is 5.69 Å². The molecule has 1 aromatic heterocycles. The van der Waals surface area contributed by atoms with E-state index in [-0.39, 0.29) is 18.2 Å². The van der Waals surface area contributed by atoms with E-state index >= 15 is 0 Å². The van der Waals surface area contributed by atoms with E-state index in [1.165, 1.54) is 16.7 Å². The first-order chi connectivity index (χ1) is 15.2. The highest BCUT2D eigenvalue weighted by atomic mass is 35.5. The van der Waals surface area contributed by atoms with Crippen LogP contribution in [-0.2, 0) is 4.79 Å². The van der Waals surface area contributed by atoms with Crippen LogP contribution in [0.2, 0.25) is 5.02 Å². The molecule has 3 aromatic rings. The van der Waals surface area contributed by atoms with Gasteiger partial charge in [0.15, 0.2) is 5.16 Å². The number of carbonyl (C=O) groups is 1. The fraction of sp³-hybridized carbons (Fsp3) is 0.273. The fourth-order valence-corrected chi connectivity index (χ4v) is 4.56. The number of anilines is 2. The molecule has 31 heavy (non-hydrogen) atoms. The van der Waals surface area contributed by atoms with Crippen molar-refractivity contribution in [3.8, 4) is 11.8 Å². The molecule has 7 nitrogen and oxygen atoms in total. The number of amides is 1. The van der Waals surface area contributed by atoms with Crippen LogP contribution in [0.3, 0.4) is 0 Å². The second-order valence-corrected chi connectivity index (χ2v) is 8.38. The second kappa shape index (κ2) is 9.86. The Bertz CT molecular complexity index is 1090. The molecule has 1 amide bonds. The normalized spacial score (nSPS) is 13.2. The molecule has 0 radical (unpaired) electrons. The zero-order valence-electron chi connectivity index (χ0n) is 16.8. The van der Waals surface area contributed by atoms with Gasteiger partial charge in [-0.2, -0.15) is 5.26 Å². The number of hydrogen-bond acceptors (Lipinski definition) is 6. The van der Waals surface area contributed by atoms with Crippen molar-refractivity contribution in [1.82, 2.24) is 14.8 Å². The second-order valence-electron chi connectivity index (χ2n) is 7.03. The Labute approximate surface area is 190 Å². The van der Waals surface area contributed by atoms with Gasteiger partial charge in [0.2, 0.25) is 11.9 Å². The summed E-state index contributed by atoms with van der Waals surface area (Å²) < 4.78 is 1.92. The van der Waals surface area contributed by atoms with Crippen LogP contribution in [0, 0.1) is 11.3 Å². The molecule has 0 atom stereocenters. The molecule has 0 spiro atoms. The molecule has 0 unspecified atom stereocenters. The first kappa shape index (κ1) is 21.2. The molecule has 0 bridgehead atoms. The Kier molecular flexibility index (Phi) is 6.75. The fourth-order valence-electron chi connectivity index (χ4n) is 3.53. The predicted octanol–water partition coefficient (Wildman–Crippen LogP) is 4.17. The molecule has 9 heteroatoms. The largest absolute Gasteiger partial charge is 0.341 e. The van der Waals surface area contributed by atoms with Gasteiger partial charge in [-0.3, -0.25) is 14.3 Å². The number of carbonyl (C=O) groups excluding carboxylic acids is 1. The standard InChI is InChI=1S/C22H21ClN6OS/c23-18-10-4-5-11-19(18)29-21(27-13-6-7-14-27)25-26-22(29)31-16-20(30)28(15-12-24)17-8-2-1-3-9-17/h1-5,8-11H,6-7,13-16H2. The maximum absolute atomic E-state index is 12.9. The summed E-state index contributed by atoms with van der Waals surface area (Å²) >= 11 is 7.78. The van der Waals surface area contributed by atoms with E-state index in [1.807, 2.05) is 59.2 Å². The van der Waals surface area contributed by atoms with E-state index in [2.05, 4.69) is 21.2 Å². The van der Waals surface area contributed by atoms with Gasteiger partial charge in [-0.15, -0.1) is 10.2 Å². The van der Waals surface area contributed by atoms with Gasteiger partial charge in [0.1, 0.15) is 6.54 Å². The number of benzene rings is 2. The lowest BCUT2D eigenvalue weighted by molar-refractivity contribution is -0.116. The molecule has 0 aliphatic carbocycles. The third-order valence-corrected chi connectivity index (χ3v) is 6.25. The third kappa shape index (κ3) is 4.68. The lowest BCUT2D eigenvalue weighted by Crippen LogP contribution is -2.32. The molecule has 1 aliphatic heterocycles. The van der Waals surface area contributed by atoms with Crippen LogP contribution in [0.5, 0.6) is 0 Å². The van der Waals surface area contributed by atoms with Crippen molar-refractivity contribution in [2.24, 2.45) is 0 Å². The number of thioether (sulfide) groups is 1. The van der Waals surface area contributed by atoms with Gasteiger partial charge in [-0.05, 0) is 37.1 Å². The summed E-state index contributed by atoms with van der Waals surface area (Å²) in [6.45, 7) is 1.81. The van der Waals surface area contributed by atoms with Crippen molar-refractivity contribution in [1.29, 1.82) is 5.26 Å². The number of nitriles is 1. The zero-order valence-corrected chi connectivity index (χ0v) is 18.4. The highest BCUT2D eigenvalue weighted by Gasteiger charge is 2.25. The van der Waals surface area contributed by atoms with Crippen LogP contribution in [0.1, 0.15) is 12.8 Å². The molecule has 1 fully saturated rings. The summed E-state index contributed by atoms with van der Waals surface area (Å²) in [5.41, 5.74) is 1.47. The Balaban J connectivity index is 1.60. The van der Waals surface area contributed by atoms with E-state index in [0.29, 0.717) is 15.9 Å². The Morgan fingerprint density at radius 3 is 2.52 bits per heavy atom. The van der Waals surface area contributed by atoms with Crippen molar-refractivity contribution in [3.05, 3.63) is 59.6 Å². The minimum atomic E-state index is -0.172. The van der Waals surface area contributed by atoms with Gasteiger partial charge in [0.25, 0.3) is 0 Å². The first-order valence-corrected chi connectivity index (χ1v) is 11.4. The van der Waals surface area contributed by atoms with Crippen molar-refractivity contribution in [2.75, 3.05) is 35.2 Å². The van der Waals surface area contributed by atoms with Crippen LogP contribution >= 0.6 is 23.4 Å². The van der Waals surface area contributed by atoms with E-state index in [4.69, 9.17) is 11.6 Å². The van der Waals surface area contributed by atoms with Crippen molar-refractivity contribution in [3.63, 3.8) is 0 Å². The maximum Gasteiger partial charge on any atom is 0.238 e. The minimum Gasteiger partial charge on any atom is -0.341 e. The van der Waals surface area contributed by atoms with Crippen molar-refractivity contribution < 1.29 is 4.79 Å². The smallest absolute Gasteiger partial charge is 0.238 e. The topological polar surface area (TPSA) is 78.0 Å². The molecular formula is C22H21ClN6OS. The molecule has 2 heterocycles. The van der Waals surface area contributed by atoms with E-state index in [1.54, 1.807) is 0 Å². The molecule has 158 valence electrons. The summed E-state index contributed by atoms with van der Waals surface area (Å²) in [5, 5.41) is 19.1. The highest BCUT2D eigenvalue weighted by Crippen LogP contribution is 2.32. The number of para-hydroxylation sites is 2. The summed E-state index contributed by atoms with van der Waals surface area (Å²) in [6, 6.07) is 18.8. The average Bonchev–Trinajstić information content (AvgIpc) is 3.46. The Morgan fingerprint density at radius 1 is 1.10 bits per heavy atom. The minimum absolute atomic E-state index is 0.0142. The first-order valence-electron chi connectivity index (χ1n) is 9.99. The Morgan fingerprint density at radius 2 is 1.81 bits per heavy atom. The van der Waals surface area contributed by atoms with Crippen LogP contribution in [-0.4, -0.2) is 46.1 Å². The molecule has 0 N–H and O–H groups in total. The number of rotatable bonds is 7. The number of halogens is 1. The number of nitrogens with zero attached hydrogens (tertiary/aromatic N) is 6. The lowest BCUT2D eigenvalue weighted by Gasteiger charge is -2.20. The maximum atomic E-state index is 12.9. The van der Waals surface area contributed by atoms with Gasteiger partial charge in [0, 0.05) is 18.8 Å². The number of hydrogen-bond donors (Lipinski definition) is 0. The summed E-state index contributed by atoms with van der Waals surface area (Å²) in [4.78, 5) is 16.6. The van der Waals surface area contributed by atoms with Gasteiger partial charge >= 0.3 is 0 Å². The van der Waals surface area contributed by atoms with E-state index in [9.17, 15) is 10.1 Å². The summed E-state index contributed by atoms with van der Waals surface area (Å²) in [7, 11) is 0. The van der Waals surface area contributed by atoms with Crippen molar-refractivity contribution in [2.45, 2.75) is 18.0 Å². The molecule has 1 aliphatic rings. The SMILES string of the molecule is N#CCN(C(=O)CSc1nnc(N2CCCC2)n1-c1ccccc1Cl)c1ccccc1. The monoisotopic (exact) mass is 452 g/mol. The lowest BCUT2D eigenvalue weighted by atomic mass is 10.3. The predicted molar refractivity (Wildman–Crippen MR) is 123 cm³/mol. The quantitative estimate of drug-likeness (QED) is 0.395. The molecule has 2 aromatic carbocycles. The molecule has 0 saturated carbocycles. The van der Waals surface area contributed by atoms with Gasteiger partial charge in [-0.25, -0.2) is 0 Å². The van der Waals surface area contributed by atoms with E-state index in [0.717, 1.165) is 37.6 Å². The average molecular weight is 453 g/mol. The van der Waals surface area contributed by atoms with Crippen molar-refractivity contribution >= 4 is 40.9 Å².